The van der Waals surface area contributed by atoms with Gasteiger partial charge in [-0.2, -0.15) is 4.39 Å². The number of halogens is 1. The smallest absolute Gasteiger partial charge is 0.206 e. The Bertz CT molecular complexity index is 680. The molecule has 0 aliphatic rings. The lowest BCUT2D eigenvalue weighted by atomic mass is 10.2. The first-order valence-electron chi connectivity index (χ1n) is 7.45. The molecule has 3 aromatic rings. The first-order valence-corrected chi connectivity index (χ1v) is 7.45. The van der Waals surface area contributed by atoms with Crippen molar-refractivity contribution in [3.8, 4) is 11.5 Å². The highest BCUT2D eigenvalue weighted by molar-refractivity contribution is 5.36. The Morgan fingerprint density at radius 1 is 0.565 bits per heavy atom. The van der Waals surface area contributed by atoms with E-state index < -0.39 is 5.82 Å². The predicted molar refractivity (Wildman–Crippen MR) is 87.9 cm³/mol. The minimum Gasteiger partial charge on any atom is -0.486 e. The quantitative estimate of drug-likeness (QED) is 0.639. The van der Waals surface area contributed by atoms with E-state index in [1.807, 2.05) is 60.7 Å². The predicted octanol–water partition coefficient (Wildman–Crippen LogP) is 4.98. The van der Waals surface area contributed by atoms with Crippen molar-refractivity contribution in [2.24, 2.45) is 0 Å². The summed E-state index contributed by atoms with van der Waals surface area (Å²) in [6.07, 6.45) is 0. The zero-order valence-electron chi connectivity index (χ0n) is 12.6. The number of hydrogen-bond donors (Lipinski definition) is 0. The van der Waals surface area contributed by atoms with Crippen molar-refractivity contribution in [3.05, 3.63) is 95.8 Å². The average Bonchev–Trinajstić information content (AvgIpc) is 2.61. The second kappa shape index (κ2) is 7.45. The van der Waals surface area contributed by atoms with Crippen LogP contribution in [0.1, 0.15) is 11.1 Å². The Morgan fingerprint density at radius 3 is 1.43 bits per heavy atom. The summed E-state index contributed by atoms with van der Waals surface area (Å²) >= 11 is 0. The van der Waals surface area contributed by atoms with Crippen LogP contribution >= 0.6 is 0 Å². The van der Waals surface area contributed by atoms with Gasteiger partial charge in [0.15, 0.2) is 11.5 Å². The molecule has 0 radical (unpaired) electrons. The third kappa shape index (κ3) is 4.10. The van der Waals surface area contributed by atoms with E-state index in [0.717, 1.165) is 11.1 Å². The van der Waals surface area contributed by atoms with Gasteiger partial charge < -0.3 is 9.47 Å². The van der Waals surface area contributed by atoms with Crippen LogP contribution in [0, 0.1) is 5.82 Å². The zero-order valence-corrected chi connectivity index (χ0v) is 12.6. The zero-order chi connectivity index (χ0) is 15.9. The highest BCUT2D eigenvalue weighted by atomic mass is 19.1. The third-order valence-corrected chi connectivity index (χ3v) is 3.40. The summed E-state index contributed by atoms with van der Waals surface area (Å²) in [6, 6.07) is 24.3. The summed E-state index contributed by atoms with van der Waals surface area (Å²) in [5.41, 5.74) is 1.98. The summed E-state index contributed by atoms with van der Waals surface area (Å²) in [5.74, 6) is -0.0850. The van der Waals surface area contributed by atoms with Gasteiger partial charge in [-0.15, -0.1) is 0 Å². The van der Waals surface area contributed by atoms with Crippen LogP contribution in [0.4, 0.5) is 4.39 Å². The molecule has 3 aromatic carbocycles. The van der Waals surface area contributed by atoms with E-state index in [2.05, 4.69) is 0 Å². The first-order chi connectivity index (χ1) is 11.3. The number of ether oxygens (including phenoxy) is 2. The highest BCUT2D eigenvalue weighted by Crippen LogP contribution is 2.27. The average molecular weight is 308 g/mol. The van der Waals surface area contributed by atoms with Crippen LogP contribution in [0.15, 0.2) is 78.9 Å². The molecule has 0 unspecified atom stereocenters. The minimum absolute atomic E-state index is 0.194. The van der Waals surface area contributed by atoms with Gasteiger partial charge in [-0.25, -0.2) is 0 Å². The Hall–Kier alpha value is -2.81. The van der Waals surface area contributed by atoms with Crippen molar-refractivity contribution in [2.45, 2.75) is 13.2 Å². The lowest BCUT2D eigenvalue weighted by Crippen LogP contribution is -2.01. The number of rotatable bonds is 6. The van der Waals surface area contributed by atoms with Gasteiger partial charge >= 0.3 is 0 Å². The molecule has 0 saturated carbocycles. The van der Waals surface area contributed by atoms with E-state index in [9.17, 15) is 4.39 Å². The van der Waals surface area contributed by atoms with Gasteiger partial charge in [-0.1, -0.05) is 66.7 Å². The fourth-order valence-electron chi connectivity index (χ4n) is 2.18. The maximum Gasteiger partial charge on any atom is 0.206 e. The highest BCUT2D eigenvalue weighted by Gasteiger charge is 2.10. The monoisotopic (exact) mass is 308 g/mol. The van der Waals surface area contributed by atoms with Crippen LogP contribution in [-0.4, -0.2) is 0 Å². The number of benzene rings is 3. The van der Waals surface area contributed by atoms with Crippen molar-refractivity contribution in [2.75, 3.05) is 0 Å². The topological polar surface area (TPSA) is 18.5 Å². The summed E-state index contributed by atoms with van der Waals surface area (Å²) in [7, 11) is 0. The van der Waals surface area contributed by atoms with E-state index in [-0.39, 0.29) is 11.5 Å². The van der Waals surface area contributed by atoms with E-state index in [1.165, 1.54) is 0 Å². The van der Waals surface area contributed by atoms with Gasteiger partial charge in [-0.3, -0.25) is 0 Å². The second-order valence-electron chi connectivity index (χ2n) is 5.12. The van der Waals surface area contributed by atoms with E-state index in [4.69, 9.17) is 9.47 Å². The Labute approximate surface area is 135 Å². The fourth-order valence-corrected chi connectivity index (χ4v) is 2.18. The largest absolute Gasteiger partial charge is 0.486 e. The maximum atomic E-state index is 14.4. The molecular formula is C20H17FO2. The molecular weight excluding hydrogens is 291 g/mol. The second-order valence-corrected chi connectivity index (χ2v) is 5.12. The molecule has 3 heteroatoms. The van der Waals surface area contributed by atoms with Crippen molar-refractivity contribution < 1.29 is 13.9 Å². The molecule has 2 nitrogen and oxygen atoms in total. The SMILES string of the molecule is Fc1c(OCc2ccccc2)cccc1OCc1ccccc1. The van der Waals surface area contributed by atoms with Crippen molar-refractivity contribution in [1.29, 1.82) is 0 Å². The molecule has 0 heterocycles. The lowest BCUT2D eigenvalue weighted by molar-refractivity contribution is 0.263. The van der Waals surface area contributed by atoms with Gasteiger partial charge in [-0.05, 0) is 23.3 Å². The van der Waals surface area contributed by atoms with Crippen molar-refractivity contribution in [1.82, 2.24) is 0 Å². The normalized spacial score (nSPS) is 10.3. The van der Waals surface area contributed by atoms with Crippen molar-refractivity contribution >= 4 is 0 Å². The van der Waals surface area contributed by atoms with Crippen LogP contribution in [0.2, 0.25) is 0 Å². The molecule has 0 bridgehead atoms. The lowest BCUT2D eigenvalue weighted by Gasteiger charge is -2.11. The van der Waals surface area contributed by atoms with Gasteiger partial charge in [0.2, 0.25) is 5.82 Å². The summed E-state index contributed by atoms with van der Waals surface area (Å²) < 4.78 is 25.5. The van der Waals surface area contributed by atoms with Crippen LogP contribution < -0.4 is 9.47 Å². The Morgan fingerprint density at radius 2 is 1.00 bits per heavy atom. The van der Waals surface area contributed by atoms with Gasteiger partial charge in [0.1, 0.15) is 13.2 Å². The Kier molecular flexibility index (Phi) is 4.89. The Balaban J connectivity index is 1.66. The van der Waals surface area contributed by atoms with Crippen LogP contribution in [0.3, 0.4) is 0 Å². The molecule has 3 rings (SSSR count). The van der Waals surface area contributed by atoms with Gasteiger partial charge in [0.05, 0.1) is 0 Å². The third-order valence-electron chi connectivity index (χ3n) is 3.40. The minimum atomic E-state index is -0.473. The molecule has 0 aromatic heterocycles. The maximum absolute atomic E-state index is 14.4. The molecule has 23 heavy (non-hydrogen) atoms. The van der Waals surface area contributed by atoms with Crippen LogP contribution in [0.25, 0.3) is 0 Å². The summed E-state index contributed by atoms with van der Waals surface area (Å²) in [5, 5.41) is 0. The van der Waals surface area contributed by atoms with E-state index in [0.29, 0.717) is 13.2 Å². The molecule has 0 N–H and O–H groups in total. The molecule has 0 fully saturated rings. The van der Waals surface area contributed by atoms with E-state index >= 15 is 0 Å². The molecule has 0 amide bonds. The molecule has 0 spiro atoms. The van der Waals surface area contributed by atoms with Crippen LogP contribution in [0.5, 0.6) is 11.5 Å². The molecule has 116 valence electrons. The molecule has 0 atom stereocenters. The first kappa shape index (κ1) is 15.1. The van der Waals surface area contributed by atoms with E-state index in [1.54, 1.807) is 18.2 Å². The van der Waals surface area contributed by atoms with Crippen molar-refractivity contribution in [3.63, 3.8) is 0 Å². The van der Waals surface area contributed by atoms with Gasteiger partial charge in [0.25, 0.3) is 0 Å². The standard InChI is InChI=1S/C20H17FO2/c21-20-18(22-14-16-8-3-1-4-9-16)12-7-13-19(20)23-15-17-10-5-2-6-11-17/h1-13H,14-15H2. The summed E-state index contributed by atoms with van der Waals surface area (Å²) in [6.45, 7) is 0.639. The van der Waals surface area contributed by atoms with Crippen LogP contribution in [-0.2, 0) is 13.2 Å². The fraction of sp³-hybridized carbons (Fsp3) is 0.100. The molecule has 0 aliphatic carbocycles. The summed E-state index contributed by atoms with van der Waals surface area (Å²) in [4.78, 5) is 0. The van der Waals surface area contributed by atoms with Gasteiger partial charge in [0, 0.05) is 0 Å². The number of hydrogen-bond acceptors (Lipinski definition) is 2. The molecule has 0 saturated heterocycles. The molecule has 0 aliphatic heterocycles.